The number of carbonyl (C=O) groups excluding carboxylic acids is 1. The standard InChI is InChI=1S/C17H28N6O5Si/c1-17(2,3)29(4,5)28-9-6-11(27-10(9)7-24)23-8-19-12-13(23)20-16(21-14(12)25)22-15(18)26/h8-11,24H,6-7H2,1-5H3,(H4,18,20,21,22,25,26)/t9-,10+,11+/m0/s1. The van der Waals surface area contributed by atoms with Crippen LogP contribution in [0.2, 0.25) is 18.1 Å². The average molecular weight is 425 g/mol. The molecule has 1 aliphatic rings. The predicted molar refractivity (Wildman–Crippen MR) is 109 cm³/mol. The van der Waals surface area contributed by atoms with Gasteiger partial charge in [0.15, 0.2) is 19.5 Å². The number of urea groups is 1. The molecule has 2 aromatic heterocycles. The lowest BCUT2D eigenvalue weighted by Gasteiger charge is -2.39. The van der Waals surface area contributed by atoms with Crippen molar-refractivity contribution >= 4 is 31.5 Å². The van der Waals surface area contributed by atoms with Gasteiger partial charge in [0.1, 0.15) is 12.3 Å². The van der Waals surface area contributed by atoms with Gasteiger partial charge in [0, 0.05) is 6.42 Å². The first-order chi connectivity index (χ1) is 13.4. The molecule has 1 aliphatic heterocycles. The van der Waals surface area contributed by atoms with Gasteiger partial charge in [-0.3, -0.25) is 19.7 Å². The zero-order valence-electron chi connectivity index (χ0n) is 17.2. The highest BCUT2D eigenvalue weighted by atomic mass is 28.4. The molecule has 5 N–H and O–H groups in total. The number of carbonyl (C=O) groups is 1. The van der Waals surface area contributed by atoms with Crippen LogP contribution in [0.4, 0.5) is 10.7 Å². The zero-order valence-corrected chi connectivity index (χ0v) is 18.2. The number of hydrogen-bond donors (Lipinski definition) is 4. The Kier molecular flexibility index (Phi) is 5.55. The fraction of sp³-hybridized carbons (Fsp3) is 0.647. The number of nitrogens with one attached hydrogen (secondary N) is 2. The lowest BCUT2D eigenvalue weighted by atomic mass is 10.2. The number of ether oxygens (including phenoxy) is 1. The van der Waals surface area contributed by atoms with Crippen LogP contribution in [0, 0.1) is 0 Å². The zero-order chi connectivity index (χ0) is 21.6. The molecule has 0 aliphatic carbocycles. The molecule has 0 bridgehead atoms. The highest BCUT2D eigenvalue weighted by Crippen LogP contribution is 2.41. The SMILES string of the molecule is CC(C)(C)[Si](C)(C)O[C@H]1C[C@H](n2cnc3c(=O)[nH]c(NC(N)=O)nc32)O[C@@H]1CO. The molecule has 3 rings (SSSR count). The summed E-state index contributed by atoms with van der Waals surface area (Å²) in [5.41, 5.74) is 4.94. The van der Waals surface area contributed by atoms with E-state index in [-0.39, 0.29) is 34.9 Å². The van der Waals surface area contributed by atoms with Crippen molar-refractivity contribution in [3.05, 3.63) is 16.7 Å². The lowest BCUT2D eigenvalue weighted by molar-refractivity contribution is -0.0410. The normalized spacial score (nSPS) is 22.9. The molecular weight excluding hydrogens is 396 g/mol. The summed E-state index contributed by atoms with van der Waals surface area (Å²) in [6.45, 7) is 10.5. The molecule has 29 heavy (non-hydrogen) atoms. The fourth-order valence-electron chi connectivity index (χ4n) is 3.03. The number of aromatic amines is 1. The van der Waals surface area contributed by atoms with E-state index in [2.05, 4.69) is 54.1 Å². The number of fused-ring (bicyclic) bond motifs is 1. The Balaban J connectivity index is 1.91. The van der Waals surface area contributed by atoms with Crippen molar-refractivity contribution < 1.29 is 19.1 Å². The summed E-state index contributed by atoms with van der Waals surface area (Å²) in [6.07, 6.45) is 0.596. The summed E-state index contributed by atoms with van der Waals surface area (Å²) < 4.78 is 14.1. The van der Waals surface area contributed by atoms with Crippen molar-refractivity contribution in [2.45, 2.75) is 63.8 Å². The van der Waals surface area contributed by atoms with Crippen LogP contribution in [0.1, 0.15) is 33.4 Å². The minimum absolute atomic E-state index is 0.0109. The van der Waals surface area contributed by atoms with Crippen LogP contribution in [0.15, 0.2) is 11.1 Å². The van der Waals surface area contributed by atoms with Crippen LogP contribution in [-0.2, 0) is 9.16 Å². The van der Waals surface area contributed by atoms with E-state index in [1.54, 1.807) is 4.57 Å². The third-order valence-corrected chi connectivity index (χ3v) is 10.1. The Labute approximate surface area is 168 Å². The molecule has 2 amide bonds. The number of imidazole rings is 1. The van der Waals surface area contributed by atoms with E-state index in [0.29, 0.717) is 6.42 Å². The van der Waals surface area contributed by atoms with Crippen LogP contribution in [0.5, 0.6) is 0 Å². The summed E-state index contributed by atoms with van der Waals surface area (Å²) in [4.78, 5) is 34.1. The van der Waals surface area contributed by atoms with Gasteiger partial charge in [-0.1, -0.05) is 20.8 Å². The maximum absolute atomic E-state index is 12.2. The Morgan fingerprint density at radius 3 is 2.79 bits per heavy atom. The highest BCUT2D eigenvalue weighted by molar-refractivity contribution is 6.74. The molecule has 0 aromatic carbocycles. The number of amides is 2. The van der Waals surface area contributed by atoms with Gasteiger partial charge in [-0.25, -0.2) is 9.78 Å². The first-order valence-electron chi connectivity index (χ1n) is 9.40. The summed E-state index contributed by atoms with van der Waals surface area (Å²) in [5, 5.41) is 12.1. The number of aromatic nitrogens is 4. The van der Waals surface area contributed by atoms with Crippen LogP contribution >= 0.6 is 0 Å². The largest absolute Gasteiger partial charge is 0.411 e. The van der Waals surface area contributed by atoms with E-state index in [0.717, 1.165) is 0 Å². The Morgan fingerprint density at radius 2 is 2.21 bits per heavy atom. The lowest BCUT2D eigenvalue weighted by Crippen LogP contribution is -2.46. The molecule has 3 atom stereocenters. The van der Waals surface area contributed by atoms with Gasteiger partial charge in [-0.15, -0.1) is 0 Å². The molecule has 0 radical (unpaired) electrons. The topological polar surface area (TPSA) is 157 Å². The first-order valence-corrected chi connectivity index (χ1v) is 12.3. The van der Waals surface area contributed by atoms with Crippen molar-refractivity contribution in [3.63, 3.8) is 0 Å². The Hall–Kier alpha value is -2.28. The number of aliphatic hydroxyl groups excluding tert-OH is 1. The first kappa shape index (κ1) is 21.4. The highest BCUT2D eigenvalue weighted by Gasteiger charge is 2.45. The molecule has 11 nitrogen and oxygen atoms in total. The summed E-state index contributed by atoms with van der Waals surface area (Å²) in [7, 11) is -2.08. The number of hydrogen-bond acceptors (Lipinski definition) is 7. The van der Waals surface area contributed by atoms with Crippen LogP contribution in [0.3, 0.4) is 0 Å². The molecule has 0 spiro atoms. The molecular formula is C17H28N6O5Si. The van der Waals surface area contributed by atoms with Gasteiger partial charge in [0.2, 0.25) is 5.95 Å². The second-order valence-corrected chi connectivity index (χ2v) is 13.4. The fourth-order valence-corrected chi connectivity index (χ4v) is 4.39. The van der Waals surface area contributed by atoms with E-state index >= 15 is 0 Å². The van der Waals surface area contributed by atoms with Crippen LogP contribution in [0.25, 0.3) is 11.2 Å². The molecule has 0 saturated carbocycles. The second-order valence-electron chi connectivity index (χ2n) is 8.69. The molecule has 160 valence electrons. The maximum atomic E-state index is 12.2. The van der Waals surface area contributed by atoms with Crippen molar-refractivity contribution in [3.8, 4) is 0 Å². The van der Waals surface area contributed by atoms with Crippen LogP contribution in [-0.4, -0.2) is 57.8 Å². The van der Waals surface area contributed by atoms with E-state index in [9.17, 15) is 14.7 Å². The Morgan fingerprint density at radius 1 is 1.52 bits per heavy atom. The molecule has 0 unspecified atom stereocenters. The quantitative estimate of drug-likeness (QED) is 0.526. The average Bonchev–Trinajstić information content (AvgIpc) is 3.16. The predicted octanol–water partition coefficient (Wildman–Crippen LogP) is 1.28. The molecule has 12 heteroatoms. The number of H-pyrrole nitrogens is 1. The third kappa shape index (κ3) is 4.20. The van der Waals surface area contributed by atoms with Crippen molar-refractivity contribution in [2.24, 2.45) is 5.73 Å². The summed E-state index contributed by atoms with van der Waals surface area (Å²) in [5.74, 6) is -0.0810. The second kappa shape index (κ2) is 7.52. The smallest absolute Gasteiger partial charge is 0.318 e. The number of anilines is 1. The van der Waals surface area contributed by atoms with E-state index in [4.69, 9.17) is 14.9 Å². The molecule has 1 saturated heterocycles. The van der Waals surface area contributed by atoms with Gasteiger partial charge in [0.25, 0.3) is 5.56 Å². The third-order valence-electron chi connectivity index (χ3n) is 5.60. The summed E-state index contributed by atoms with van der Waals surface area (Å²) in [6, 6.07) is -0.848. The number of nitrogens with two attached hydrogens (primary N) is 1. The number of rotatable bonds is 5. The minimum Gasteiger partial charge on any atom is -0.411 e. The van der Waals surface area contributed by atoms with E-state index < -0.39 is 32.2 Å². The number of nitrogens with zero attached hydrogens (tertiary/aromatic N) is 3. The van der Waals surface area contributed by atoms with E-state index in [1.165, 1.54) is 6.33 Å². The van der Waals surface area contributed by atoms with Crippen molar-refractivity contribution in [2.75, 3.05) is 11.9 Å². The minimum atomic E-state index is -2.08. The molecule has 2 aromatic rings. The molecule has 3 heterocycles. The van der Waals surface area contributed by atoms with Gasteiger partial charge in [0.05, 0.1) is 19.0 Å². The van der Waals surface area contributed by atoms with Crippen LogP contribution < -0.4 is 16.6 Å². The van der Waals surface area contributed by atoms with E-state index in [1.807, 2.05) is 0 Å². The van der Waals surface area contributed by atoms with Gasteiger partial charge < -0.3 is 20.0 Å². The monoisotopic (exact) mass is 424 g/mol. The number of primary amides is 1. The maximum Gasteiger partial charge on any atom is 0.318 e. The Bertz CT molecular complexity index is 965. The molecule has 1 fully saturated rings. The number of aliphatic hydroxyl groups is 1. The van der Waals surface area contributed by atoms with Crippen molar-refractivity contribution in [1.82, 2.24) is 19.5 Å². The van der Waals surface area contributed by atoms with Gasteiger partial charge in [-0.05, 0) is 18.1 Å². The van der Waals surface area contributed by atoms with Gasteiger partial charge in [-0.2, -0.15) is 4.98 Å². The summed E-state index contributed by atoms with van der Waals surface area (Å²) >= 11 is 0. The van der Waals surface area contributed by atoms with Gasteiger partial charge >= 0.3 is 6.03 Å². The van der Waals surface area contributed by atoms with Crippen molar-refractivity contribution in [1.29, 1.82) is 0 Å².